The molecule has 0 saturated heterocycles. The summed E-state index contributed by atoms with van der Waals surface area (Å²) < 4.78 is 3.17. The van der Waals surface area contributed by atoms with Gasteiger partial charge in [0.05, 0.1) is 0 Å². The van der Waals surface area contributed by atoms with Gasteiger partial charge in [-0.25, -0.2) is 0 Å². The summed E-state index contributed by atoms with van der Waals surface area (Å²) in [6, 6.07) is 8.62. The van der Waals surface area contributed by atoms with Crippen molar-refractivity contribution < 1.29 is 9.53 Å². The van der Waals surface area contributed by atoms with E-state index in [0.29, 0.717) is 6.42 Å². The van der Waals surface area contributed by atoms with Crippen LogP contribution in [0.1, 0.15) is 5.56 Å². The monoisotopic (exact) mass is 295 g/mol. The van der Waals surface area contributed by atoms with Gasteiger partial charge in [-0.05, 0) is 12.0 Å². The van der Waals surface area contributed by atoms with E-state index >= 15 is 0 Å². The molecule has 1 aromatic carbocycles. The van der Waals surface area contributed by atoms with Gasteiger partial charge in [-0.2, -0.15) is 0 Å². The largest absolute Gasteiger partial charge is 0.460 e. The van der Waals surface area contributed by atoms with Crippen molar-refractivity contribution in [1.29, 1.82) is 0 Å². The lowest BCUT2D eigenvalue weighted by molar-refractivity contribution is -0.145. The fourth-order valence-electron chi connectivity index (χ4n) is 1.21. The first-order chi connectivity index (χ1) is 7.88. The topological polar surface area (TPSA) is 52.3 Å². The van der Waals surface area contributed by atoms with E-state index in [2.05, 4.69) is 0 Å². The number of hydrogen-bond acceptors (Lipinski definition) is 3. The number of hydrogen-bond donors (Lipinski definition) is 1. The molecular weight excluding hydrogens is 284 g/mol. The number of rotatable bonds is 4. The summed E-state index contributed by atoms with van der Waals surface area (Å²) in [5, 5.41) is 0. The van der Waals surface area contributed by atoms with Gasteiger partial charge in [0.1, 0.15) is 12.6 Å². The number of carbonyl (C=O) groups is 1. The van der Waals surface area contributed by atoms with E-state index in [-0.39, 0.29) is 6.61 Å². The summed E-state index contributed by atoms with van der Waals surface area (Å²) >= 11 is 16.4. The lowest BCUT2D eigenvalue weighted by atomic mass is 10.1. The molecule has 0 aliphatic rings. The molecule has 94 valence electrons. The summed E-state index contributed by atoms with van der Waals surface area (Å²) in [7, 11) is 0. The van der Waals surface area contributed by atoms with Gasteiger partial charge in [-0.1, -0.05) is 65.1 Å². The summed E-state index contributed by atoms with van der Waals surface area (Å²) in [5.41, 5.74) is 6.62. The Morgan fingerprint density at radius 1 is 1.29 bits per heavy atom. The van der Waals surface area contributed by atoms with Crippen molar-refractivity contribution in [2.24, 2.45) is 5.73 Å². The fraction of sp³-hybridized carbons (Fsp3) is 0.364. The standard InChI is InChI=1S/C11H12Cl3NO2/c12-11(13,14)7-17-10(16)9(15)6-8-4-2-1-3-5-8/h1-5,9H,6-7,15H2/t9-/m0/s1. The van der Waals surface area contributed by atoms with E-state index in [1.165, 1.54) is 0 Å². The highest BCUT2D eigenvalue weighted by molar-refractivity contribution is 6.67. The second-order valence-electron chi connectivity index (χ2n) is 3.52. The average Bonchev–Trinajstić information content (AvgIpc) is 2.26. The average molecular weight is 297 g/mol. The van der Waals surface area contributed by atoms with E-state index in [1.807, 2.05) is 30.3 Å². The van der Waals surface area contributed by atoms with Crippen LogP contribution in [0.2, 0.25) is 0 Å². The predicted octanol–water partition coefficient (Wildman–Crippen LogP) is 2.47. The van der Waals surface area contributed by atoms with Gasteiger partial charge in [0.2, 0.25) is 3.79 Å². The number of halogens is 3. The van der Waals surface area contributed by atoms with Crippen LogP contribution in [0.25, 0.3) is 0 Å². The van der Waals surface area contributed by atoms with E-state index in [9.17, 15) is 4.79 Å². The molecule has 0 aliphatic carbocycles. The SMILES string of the molecule is N[C@@H](Cc1ccccc1)C(=O)OCC(Cl)(Cl)Cl. The maximum Gasteiger partial charge on any atom is 0.323 e. The lowest BCUT2D eigenvalue weighted by Crippen LogP contribution is -2.36. The highest BCUT2D eigenvalue weighted by atomic mass is 35.6. The summed E-state index contributed by atoms with van der Waals surface area (Å²) in [4.78, 5) is 11.5. The van der Waals surface area contributed by atoms with Crippen molar-refractivity contribution in [2.45, 2.75) is 16.3 Å². The van der Waals surface area contributed by atoms with Crippen LogP contribution in [0.5, 0.6) is 0 Å². The highest BCUT2D eigenvalue weighted by Gasteiger charge is 2.24. The van der Waals surface area contributed by atoms with Crippen molar-refractivity contribution in [3.63, 3.8) is 0 Å². The van der Waals surface area contributed by atoms with E-state index in [1.54, 1.807) is 0 Å². The molecule has 6 heteroatoms. The second-order valence-corrected chi connectivity index (χ2v) is 6.04. The molecule has 0 radical (unpaired) electrons. The summed E-state index contributed by atoms with van der Waals surface area (Å²) in [6.07, 6.45) is 0.388. The Balaban J connectivity index is 2.43. The minimum Gasteiger partial charge on any atom is -0.460 e. The molecule has 2 N–H and O–H groups in total. The van der Waals surface area contributed by atoms with Gasteiger partial charge in [0.25, 0.3) is 0 Å². The van der Waals surface area contributed by atoms with Gasteiger partial charge in [-0.3, -0.25) is 4.79 Å². The molecule has 0 heterocycles. The third kappa shape index (κ3) is 6.13. The zero-order valence-electron chi connectivity index (χ0n) is 8.91. The van der Waals surface area contributed by atoms with Crippen molar-refractivity contribution in [2.75, 3.05) is 6.61 Å². The van der Waals surface area contributed by atoms with Crippen LogP contribution >= 0.6 is 34.8 Å². The summed E-state index contributed by atoms with van der Waals surface area (Å²) in [5.74, 6) is -0.583. The maximum absolute atomic E-state index is 11.5. The third-order valence-electron chi connectivity index (χ3n) is 1.98. The first kappa shape index (κ1) is 14.6. The van der Waals surface area contributed by atoms with E-state index in [4.69, 9.17) is 45.3 Å². The molecule has 1 rings (SSSR count). The normalized spacial score (nSPS) is 13.2. The number of benzene rings is 1. The van der Waals surface area contributed by atoms with Crippen LogP contribution in [-0.4, -0.2) is 22.4 Å². The Morgan fingerprint density at radius 3 is 2.41 bits per heavy atom. The van der Waals surface area contributed by atoms with Crippen LogP contribution in [0, 0.1) is 0 Å². The Hall–Kier alpha value is -0.480. The molecule has 17 heavy (non-hydrogen) atoms. The van der Waals surface area contributed by atoms with Gasteiger partial charge in [0, 0.05) is 0 Å². The zero-order chi connectivity index (χ0) is 12.9. The highest BCUT2D eigenvalue weighted by Crippen LogP contribution is 2.26. The third-order valence-corrected chi connectivity index (χ3v) is 2.31. The minimum atomic E-state index is -1.61. The van der Waals surface area contributed by atoms with Crippen molar-refractivity contribution >= 4 is 40.8 Å². The fourth-order valence-corrected chi connectivity index (χ4v) is 1.38. The lowest BCUT2D eigenvalue weighted by Gasteiger charge is -2.14. The van der Waals surface area contributed by atoms with Crippen molar-refractivity contribution in [3.05, 3.63) is 35.9 Å². The number of esters is 1. The van der Waals surface area contributed by atoms with Gasteiger partial charge >= 0.3 is 5.97 Å². The first-order valence-electron chi connectivity index (χ1n) is 4.91. The minimum absolute atomic E-state index is 0.307. The Morgan fingerprint density at radius 2 is 1.88 bits per heavy atom. The Bertz CT molecular complexity index is 365. The van der Waals surface area contributed by atoms with Crippen LogP contribution < -0.4 is 5.73 Å². The maximum atomic E-state index is 11.5. The van der Waals surface area contributed by atoms with Crippen LogP contribution in [-0.2, 0) is 16.0 Å². The molecule has 0 unspecified atom stereocenters. The van der Waals surface area contributed by atoms with Gasteiger partial charge in [-0.15, -0.1) is 0 Å². The molecule has 0 aliphatic heterocycles. The van der Waals surface area contributed by atoms with E-state index < -0.39 is 15.8 Å². The molecule has 1 aromatic rings. The van der Waals surface area contributed by atoms with Gasteiger partial charge < -0.3 is 10.5 Å². The molecule has 0 fully saturated rings. The van der Waals surface area contributed by atoms with Crippen LogP contribution in [0.3, 0.4) is 0 Å². The first-order valence-corrected chi connectivity index (χ1v) is 6.05. The molecule has 0 amide bonds. The van der Waals surface area contributed by atoms with Crippen molar-refractivity contribution in [1.82, 2.24) is 0 Å². The van der Waals surface area contributed by atoms with Gasteiger partial charge in [0.15, 0.2) is 0 Å². The molecule has 1 atom stereocenters. The van der Waals surface area contributed by atoms with Crippen LogP contribution in [0.4, 0.5) is 0 Å². The molecular formula is C11H12Cl3NO2. The number of carbonyl (C=O) groups excluding carboxylic acids is 1. The zero-order valence-corrected chi connectivity index (χ0v) is 11.2. The number of nitrogens with two attached hydrogens (primary N) is 1. The number of alkyl halides is 3. The Kier molecular flexibility index (Phi) is 5.53. The number of ether oxygens (including phenoxy) is 1. The quantitative estimate of drug-likeness (QED) is 0.686. The Labute approximate surface area is 115 Å². The summed E-state index contributed by atoms with van der Waals surface area (Å²) in [6.45, 7) is -0.307. The second kappa shape index (κ2) is 6.45. The molecule has 3 nitrogen and oxygen atoms in total. The van der Waals surface area contributed by atoms with Crippen molar-refractivity contribution in [3.8, 4) is 0 Å². The molecule has 0 spiro atoms. The van der Waals surface area contributed by atoms with Crippen LogP contribution in [0.15, 0.2) is 30.3 Å². The molecule has 0 saturated carbocycles. The predicted molar refractivity (Wildman–Crippen MR) is 69.4 cm³/mol. The molecule has 0 bridgehead atoms. The smallest absolute Gasteiger partial charge is 0.323 e. The molecule has 0 aromatic heterocycles. The van der Waals surface area contributed by atoms with E-state index in [0.717, 1.165) is 5.56 Å².